The van der Waals surface area contributed by atoms with Crippen LogP contribution >= 0.6 is 0 Å². The Bertz CT molecular complexity index is 360. The lowest BCUT2D eigenvalue weighted by molar-refractivity contribution is -0.134. The quantitative estimate of drug-likeness (QED) is 0.616. The van der Waals surface area contributed by atoms with Crippen LogP contribution in [0.5, 0.6) is 17.2 Å². The van der Waals surface area contributed by atoms with Crippen LogP contribution in [0.4, 0.5) is 0 Å². The minimum absolute atomic E-state index is 0.0244. The molecule has 0 atom stereocenters. The van der Waals surface area contributed by atoms with E-state index in [2.05, 4.69) is 0 Å². The SMILES string of the molecule is CCCC(=O)Oc1ccc(OCC)c(O)c1. The van der Waals surface area contributed by atoms with Crippen molar-refractivity contribution in [2.75, 3.05) is 6.61 Å². The molecule has 1 aromatic rings. The van der Waals surface area contributed by atoms with Crippen LogP contribution in [0.15, 0.2) is 18.2 Å². The van der Waals surface area contributed by atoms with E-state index in [1.54, 1.807) is 12.1 Å². The Labute approximate surface area is 94.8 Å². The maximum Gasteiger partial charge on any atom is 0.311 e. The third-order valence-corrected chi connectivity index (χ3v) is 1.92. The van der Waals surface area contributed by atoms with E-state index in [1.807, 2.05) is 13.8 Å². The monoisotopic (exact) mass is 224 g/mol. The van der Waals surface area contributed by atoms with E-state index >= 15 is 0 Å². The van der Waals surface area contributed by atoms with Crippen LogP contribution in [0.3, 0.4) is 0 Å². The van der Waals surface area contributed by atoms with Gasteiger partial charge >= 0.3 is 5.97 Å². The van der Waals surface area contributed by atoms with Crippen LogP contribution in [0.2, 0.25) is 0 Å². The first-order valence-electron chi connectivity index (χ1n) is 5.33. The zero-order chi connectivity index (χ0) is 12.0. The van der Waals surface area contributed by atoms with E-state index in [-0.39, 0.29) is 11.7 Å². The van der Waals surface area contributed by atoms with Crippen LogP contribution in [0.25, 0.3) is 0 Å². The highest BCUT2D eigenvalue weighted by Gasteiger charge is 2.07. The molecule has 0 aliphatic carbocycles. The molecular formula is C12H16O4. The van der Waals surface area contributed by atoms with Gasteiger partial charge in [0.25, 0.3) is 0 Å². The third kappa shape index (κ3) is 3.46. The van der Waals surface area contributed by atoms with E-state index in [0.29, 0.717) is 24.5 Å². The van der Waals surface area contributed by atoms with Gasteiger partial charge in [0, 0.05) is 12.5 Å². The molecule has 88 valence electrons. The highest BCUT2D eigenvalue weighted by Crippen LogP contribution is 2.30. The number of ether oxygens (including phenoxy) is 2. The van der Waals surface area contributed by atoms with Crippen molar-refractivity contribution in [3.8, 4) is 17.2 Å². The standard InChI is InChI=1S/C12H16O4/c1-3-5-12(14)16-9-6-7-11(15-4-2)10(13)8-9/h6-8,13H,3-5H2,1-2H3. The molecule has 4 nitrogen and oxygen atoms in total. The van der Waals surface area contributed by atoms with Gasteiger partial charge in [-0.3, -0.25) is 4.79 Å². The number of hydrogen-bond acceptors (Lipinski definition) is 4. The average molecular weight is 224 g/mol. The number of carbonyl (C=O) groups excluding carboxylic acids is 1. The molecule has 0 unspecified atom stereocenters. The van der Waals surface area contributed by atoms with Crippen molar-refractivity contribution in [2.24, 2.45) is 0 Å². The molecule has 0 heterocycles. The van der Waals surface area contributed by atoms with Gasteiger partial charge in [0.05, 0.1) is 6.61 Å². The fourth-order valence-electron chi connectivity index (χ4n) is 1.22. The molecular weight excluding hydrogens is 208 g/mol. The summed E-state index contributed by atoms with van der Waals surface area (Å²) in [6, 6.07) is 4.55. The summed E-state index contributed by atoms with van der Waals surface area (Å²) in [6.07, 6.45) is 1.11. The molecule has 0 aromatic heterocycles. The first kappa shape index (κ1) is 12.4. The van der Waals surface area contributed by atoms with Crippen LogP contribution in [-0.2, 0) is 4.79 Å². The number of hydrogen-bond donors (Lipinski definition) is 1. The minimum atomic E-state index is -0.300. The fraction of sp³-hybridized carbons (Fsp3) is 0.417. The molecule has 0 fully saturated rings. The minimum Gasteiger partial charge on any atom is -0.504 e. The van der Waals surface area contributed by atoms with Crippen LogP contribution in [0.1, 0.15) is 26.7 Å². The van der Waals surface area contributed by atoms with Crippen molar-refractivity contribution in [3.05, 3.63) is 18.2 Å². The lowest BCUT2D eigenvalue weighted by atomic mass is 10.3. The van der Waals surface area contributed by atoms with Gasteiger partial charge in [-0.15, -0.1) is 0 Å². The zero-order valence-electron chi connectivity index (χ0n) is 9.53. The summed E-state index contributed by atoms with van der Waals surface area (Å²) < 4.78 is 10.2. The number of phenols is 1. The molecule has 0 amide bonds. The number of benzene rings is 1. The smallest absolute Gasteiger partial charge is 0.311 e. The summed E-state index contributed by atoms with van der Waals surface area (Å²) in [4.78, 5) is 11.2. The van der Waals surface area contributed by atoms with Crippen LogP contribution in [0, 0.1) is 0 Å². The van der Waals surface area contributed by atoms with Gasteiger partial charge in [0.1, 0.15) is 5.75 Å². The molecule has 16 heavy (non-hydrogen) atoms. The van der Waals surface area contributed by atoms with E-state index in [1.165, 1.54) is 6.07 Å². The number of carbonyl (C=O) groups is 1. The van der Waals surface area contributed by atoms with Crippen molar-refractivity contribution in [1.82, 2.24) is 0 Å². The fourth-order valence-corrected chi connectivity index (χ4v) is 1.22. The van der Waals surface area contributed by atoms with Crippen LogP contribution < -0.4 is 9.47 Å². The molecule has 0 saturated heterocycles. The van der Waals surface area contributed by atoms with Gasteiger partial charge in [-0.05, 0) is 25.5 Å². The summed E-state index contributed by atoms with van der Waals surface area (Å²) in [5.41, 5.74) is 0. The molecule has 0 saturated carbocycles. The average Bonchev–Trinajstić information content (AvgIpc) is 2.22. The molecule has 1 rings (SSSR count). The largest absolute Gasteiger partial charge is 0.504 e. The Hall–Kier alpha value is -1.71. The molecule has 0 radical (unpaired) electrons. The maximum absolute atomic E-state index is 11.2. The number of rotatable bonds is 5. The van der Waals surface area contributed by atoms with E-state index in [0.717, 1.165) is 6.42 Å². The Morgan fingerprint density at radius 2 is 2.12 bits per heavy atom. The molecule has 4 heteroatoms. The highest BCUT2D eigenvalue weighted by atomic mass is 16.5. The van der Waals surface area contributed by atoms with Crippen molar-refractivity contribution in [1.29, 1.82) is 0 Å². The lowest BCUT2D eigenvalue weighted by Gasteiger charge is -2.08. The topological polar surface area (TPSA) is 55.8 Å². The third-order valence-electron chi connectivity index (χ3n) is 1.92. The molecule has 1 N–H and O–H groups in total. The zero-order valence-corrected chi connectivity index (χ0v) is 9.53. The molecule has 0 aliphatic heterocycles. The first-order chi connectivity index (χ1) is 7.67. The van der Waals surface area contributed by atoms with Gasteiger partial charge in [-0.25, -0.2) is 0 Å². The number of esters is 1. The Balaban J connectivity index is 2.69. The van der Waals surface area contributed by atoms with Gasteiger partial charge in [-0.1, -0.05) is 6.92 Å². The van der Waals surface area contributed by atoms with Crippen molar-refractivity contribution >= 4 is 5.97 Å². The number of aromatic hydroxyl groups is 1. The van der Waals surface area contributed by atoms with Crippen LogP contribution in [-0.4, -0.2) is 17.7 Å². The van der Waals surface area contributed by atoms with Crippen molar-refractivity contribution < 1.29 is 19.4 Å². The summed E-state index contributed by atoms with van der Waals surface area (Å²) >= 11 is 0. The predicted octanol–water partition coefficient (Wildman–Crippen LogP) is 2.50. The second kappa shape index (κ2) is 6.00. The maximum atomic E-state index is 11.2. The van der Waals surface area contributed by atoms with Crippen molar-refractivity contribution in [2.45, 2.75) is 26.7 Å². The number of phenolic OH excluding ortho intramolecular Hbond substituents is 1. The molecule has 0 spiro atoms. The Morgan fingerprint density at radius 3 is 2.69 bits per heavy atom. The Kier molecular flexibility index (Phi) is 4.64. The van der Waals surface area contributed by atoms with Gasteiger partial charge < -0.3 is 14.6 Å². The lowest BCUT2D eigenvalue weighted by Crippen LogP contribution is -2.06. The van der Waals surface area contributed by atoms with Crippen molar-refractivity contribution in [3.63, 3.8) is 0 Å². The summed E-state index contributed by atoms with van der Waals surface area (Å²) in [5.74, 6) is 0.395. The molecule has 0 aliphatic rings. The van der Waals surface area contributed by atoms with Gasteiger partial charge in [0.15, 0.2) is 11.5 Å². The first-order valence-corrected chi connectivity index (χ1v) is 5.33. The molecule has 0 bridgehead atoms. The normalized spacial score (nSPS) is 9.88. The Morgan fingerprint density at radius 1 is 1.38 bits per heavy atom. The summed E-state index contributed by atoms with van der Waals surface area (Å²) in [5, 5.41) is 9.55. The van der Waals surface area contributed by atoms with E-state index in [4.69, 9.17) is 9.47 Å². The summed E-state index contributed by atoms with van der Waals surface area (Å²) in [6.45, 7) is 4.20. The van der Waals surface area contributed by atoms with E-state index in [9.17, 15) is 9.90 Å². The molecule has 1 aromatic carbocycles. The highest BCUT2D eigenvalue weighted by molar-refractivity contribution is 5.72. The summed E-state index contributed by atoms with van der Waals surface area (Å²) in [7, 11) is 0. The van der Waals surface area contributed by atoms with Gasteiger partial charge in [-0.2, -0.15) is 0 Å². The van der Waals surface area contributed by atoms with E-state index < -0.39 is 0 Å². The predicted molar refractivity (Wildman–Crippen MR) is 59.8 cm³/mol. The second-order valence-electron chi connectivity index (χ2n) is 3.29. The second-order valence-corrected chi connectivity index (χ2v) is 3.29. The van der Waals surface area contributed by atoms with Gasteiger partial charge in [0.2, 0.25) is 0 Å².